The van der Waals surface area contributed by atoms with Crippen LogP contribution in [0.4, 0.5) is 10.6 Å². The molecule has 1 amide bonds. The Morgan fingerprint density at radius 1 is 1.71 bits per heavy atom. The maximum atomic E-state index is 11.5. The number of carbonyl (C=O) groups is 1. The zero-order valence-electron chi connectivity index (χ0n) is 8.65. The largest absolute Gasteiger partial charge is 0.444 e. The van der Waals surface area contributed by atoms with Crippen molar-refractivity contribution < 1.29 is 9.53 Å². The fourth-order valence-electron chi connectivity index (χ4n) is 1.46. The summed E-state index contributed by atoms with van der Waals surface area (Å²) >= 11 is 5.70. The summed E-state index contributed by atoms with van der Waals surface area (Å²) in [5, 5.41) is 3.86. The summed E-state index contributed by atoms with van der Waals surface area (Å²) in [5.74, 6) is 0.461. The molecule has 1 aliphatic rings. The lowest BCUT2D eigenvalue weighted by Gasteiger charge is -2.10. The lowest BCUT2D eigenvalue weighted by molar-refractivity contribution is 0.145. The normalized spacial score (nSPS) is 18.8. The van der Waals surface area contributed by atoms with Crippen LogP contribution < -0.4 is 4.90 Å². The third-order valence-electron chi connectivity index (χ3n) is 2.21. The van der Waals surface area contributed by atoms with Crippen LogP contribution in [0, 0.1) is 0 Å². The van der Waals surface area contributed by atoms with Crippen molar-refractivity contribution in [2.45, 2.75) is 6.10 Å². The second-order valence-electron chi connectivity index (χ2n) is 3.36. The van der Waals surface area contributed by atoms with E-state index in [1.165, 1.54) is 11.1 Å². The van der Waals surface area contributed by atoms with Gasteiger partial charge in [-0.05, 0) is 17.7 Å². The Morgan fingerprint density at radius 3 is 3.18 bits per heavy atom. The van der Waals surface area contributed by atoms with Crippen LogP contribution in [0.5, 0.6) is 0 Å². The minimum Gasteiger partial charge on any atom is -0.444 e. The average Bonchev–Trinajstić information content (AvgIpc) is 2.69. The van der Waals surface area contributed by atoms with Crippen LogP contribution in [0.3, 0.4) is 0 Å². The van der Waals surface area contributed by atoms with Gasteiger partial charge in [0.05, 0.1) is 18.1 Å². The van der Waals surface area contributed by atoms with Crippen molar-refractivity contribution in [2.24, 2.45) is 5.11 Å². The van der Waals surface area contributed by atoms with E-state index < -0.39 is 12.2 Å². The molecule has 1 fully saturated rings. The van der Waals surface area contributed by atoms with Gasteiger partial charge in [-0.1, -0.05) is 16.7 Å². The van der Waals surface area contributed by atoms with Gasteiger partial charge >= 0.3 is 6.09 Å². The first kappa shape index (κ1) is 11.5. The van der Waals surface area contributed by atoms with Crippen LogP contribution in [-0.2, 0) is 4.74 Å². The van der Waals surface area contributed by atoms with E-state index >= 15 is 0 Å². The number of aromatic nitrogens is 1. The topological polar surface area (TPSA) is 91.2 Å². The molecule has 8 heteroatoms. The molecule has 1 aromatic heterocycles. The minimum atomic E-state index is -0.502. The van der Waals surface area contributed by atoms with Gasteiger partial charge in [-0.15, -0.1) is 0 Å². The molecule has 0 saturated carbocycles. The molecule has 1 atom stereocenters. The summed E-state index contributed by atoms with van der Waals surface area (Å²) in [6.45, 7) is 0.429. The number of carbonyl (C=O) groups excluding carboxylic acids is 1. The van der Waals surface area contributed by atoms with E-state index in [-0.39, 0.29) is 6.54 Å². The van der Waals surface area contributed by atoms with Gasteiger partial charge in [-0.25, -0.2) is 9.78 Å². The number of hydrogen-bond donors (Lipinski definition) is 0. The van der Waals surface area contributed by atoms with Crippen LogP contribution in [0.2, 0.25) is 5.02 Å². The van der Waals surface area contributed by atoms with E-state index in [9.17, 15) is 4.79 Å². The summed E-state index contributed by atoms with van der Waals surface area (Å²) < 4.78 is 5.01. The molecule has 7 nitrogen and oxygen atoms in total. The smallest absolute Gasteiger partial charge is 0.415 e. The number of nitrogens with zero attached hydrogens (tertiary/aromatic N) is 5. The van der Waals surface area contributed by atoms with Crippen LogP contribution in [0.25, 0.3) is 10.4 Å². The molecule has 1 aliphatic heterocycles. The summed E-state index contributed by atoms with van der Waals surface area (Å²) in [6.07, 6.45) is 0.513. The standard InChI is InChI=1S/C9H8ClN5O2/c10-6-1-2-8(12-3-6)15-5-7(4-13-14-11)17-9(15)16/h1-3,7H,4-5H2/t7-/m0/s1. The lowest BCUT2D eigenvalue weighted by Crippen LogP contribution is -2.25. The molecule has 0 unspecified atom stereocenters. The van der Waals surface area contributed by atoms with Gasteiger partial charge in [-0.3, -0.25) is 4.90 Å². The number of pyridine rings is 1. The highest BCUT2D eigenvalue weighted by atomic mass is 35.5. The summed E-state index contributed by atoms with van der Waals surface area (Å²) in [5.41, 5.74) is 8.18. The molecule has 17 heavy (non-hydrogen) atoms. The second-order valence-corrected chi connectivity index (χ2v) is 3.80. The first-order valence-corrected chi connectivity index (χ1v) is 5.19. The van der Waals surface area contributed by atoms with Crippen LogP contribution in [0.1, 0.15) is 0 Å². The summed E-state index contributed by atoms with van der Waals surface area (Å²) in [6, 6.07) is 3.26. The zero-order valence-corrected chi connectivity index (χ0v) is 9.41. The lowest BCUT2D eigenvalue weighted by atomic mass is 10.3. The molecule has 88 valence electrons. The first-order chi connectivity index (χ1) is 8.20. The maximum Gasteiger partial charge on any atom is 0.415 e. The van der Waals surface area contributed by atoms with E-state index in [1.54, 1.807) is 12.1 Å². The highest BCUT2D eigenvalue weighted by Crippen LogP contribution is 2.20. The third kappa shape index (κ3) is 2.58. The maximum absolute atomic E-state index is 11.5. The van der Waals surface area contributed by atoms with Gasteiger partial charge in [0.1, 0.15) is 11.9 Å². The molecule has 0 spiro atoms. The molecule has 1 aromatic rings. The minimum absolute atomic E-state index is 0.117. The highest BCUT2D eigenvalue weighted by molar-refractivity contribution is 6.30. The first-order valence-electron chi connectivity index (χ1n) is 4.81. The quantitative estimate of drug-likeness (QED) is 0.470. The second kappa shape index (κ2) is 4.90. The fourth-order valence-corrected chi connectivity index (χ4v) is 1.57. The Labute approximate surface area is 102 Å². The van der Waals surface area contributed by atoms with Crippen molar-refractivity contribution in [2.75, 3.05) is 18.0 Å². The molecule has 0 aliphatic carbocycles. The van der Waals surface area contributed by atoms with Crippen molar-refractivity contribution in [3.63, 3.8) is 0 Å². The van der Waals surface area contributed by atoms with E-state index in [0.717, 1.165) is 0 Å². The van der Waals surface area contributed by atoms with Gasteiger partial charge in [0.25, 0.3) is 0 Å². The van der Waals surface area contributed by atoms with Crippen LogP contribution >= 0.6 is 11.6 Å². The summed E-state index contributed by atoms with van der Waals surface area (Å²) in [4.78, 5) is 19.5. The van der Waals surface area contributed by atoms with Crippen molar-refractivity contribution in [3.05, 3.63) is 33.8 Å². The number of rotatable bonds is 3. The van der Waals surface area contributed by atoms with Crippen LogP contribution in [-0.4, -0.2) is 30.3 Å². The van der Waals surface area contributed by atoms with Crippen molar-refractivity contribution in [1.29, 1.82) is 0 Å². The predicted octanol–water partition coefficient (Wildman–Crippen LogP) is 2.37. The van der Waals surface area contributed by atoms with Gasteiger partial charge in [0, 0.05) is 11.1 Å². The number of anilines is 1. The monoisotopic (exact) mass is 253 g/mol. The number of cyclic esters (lactones) is 1. The van der Waals surface area contributed by atoms with Crippen LogP contribution in [0.15, 0.2) is 23.4 Å². The van der Waals surface area contributed by atoms with Crippen molar-refractivity contribution in [3.8, 4) is 0 Å². The van der Waals surface area contributed by atoms with E-state index in [2.05, 4.69) is 15.0 Å². The Kier molecular flexibility index (Phi) is 3.32. The number of halogens is 1. The van der Waals surface area contributed by atoms with Gasteiger partial charge in [0.15, 0.2) is 0 Å². The van der Waals surface area contributed by atoms with E-state index in [0.29, 0.717) is 17.4 Å². The molecule has 2 heterocycles. The molecular weight excluding hydrogens is 246 g/mol. The number of azide groups is 1. The molecule has 0 aromatic carbocycles. The molecule has 0 bridgehead atoms. The number of hydrogen-bond acceptors (Lipinski definition) is 4. The van der Waals surface area contributed by atoms with E-state index in [4.69, 9.17) is 21.9 Å². The van der Waals surface area contributed by atoms with Gasteiger partial charge in [0.2, 0.25) is 0 Å². The predicted molar refractivity (Wildman–Crippen MR) is 60.9 cm³/mol. The summed E-state index contributed by atoms with van der Waals surface area (Å²) in [7, 11) is 0. The Hall–Kier alpha value is -1.98. The average molecular weight is 254 g/mol. The third-order valence-corrected chi connectivity index (χ3v) is 2.43. The van der Waals surface area contributed by atoms with Gasteiger partial charge in [-0.2, -0.15) is 0 Å². The van der Waals surface area contributed by atoms with Crippen molar-refractivity contribution in [1.82, 2.24) is 4.98 Å². The molecule has 2 rings (SSSR count). The zero-order chi connectivity index (χ0) is 12.3. The van der Waals surface area contributed by atoms with E-state index in [1.807, 2.05) is 0 Å². The Bertz CT molecular complexity index is 471. The fraction of sp³-hybridized carbons (Fsp3) is 0.333. The molecular formula is C9H8ClN5O2. The Morgan fingerprint density at radius 2 is 2.53 bits per heavy atom. The number of amides is 1. The Balaban J connectivity index is 2.10. The molecule has 0 radical (unpaired) electrons. The highest BCUT2D eigenvalue weighted by Gasteiger charge is 2.32. The molecule has 1 saturated heterocycles. The SMILES string of the molecule is [N-]=[N+]=NC[C@H]1CN(c2ccc(Cl)cn2)C(=O)O1. The van der Waals surface area contributed by atoms with Crippen molar-refractivity contribution >= 4 is 23.5 Å². The van der Waals surface area contributed by atoms with Gasteiger partial charge < -0.3 is 4.74 Å². The number of ether oxygens (including phenoxy) is 1. The molecule has 0 N–H and O–H groups in total.